The highest BCUT2D eigenvalue weighted by atomic mass is 35.5. The van der Waals surface area contributed by atoms with Gasteiger partial charge in [0.25, 0.3) is 11.8 Å². The number of hydrogen-bond donors (Lipinski definition) is 1. The zero-order valence-electron chi connectivity index (χ0n) is 14.5. The first-order valence-electron chi connectivity index (χ1n) is 8.68. The van der Waals surface area contributed by atoms with Gasteiger partial charge in [0.05, 0.1) is 0 Å². The van der Waals surface area contributed by atoms with Crippen LogP contribution in [0, 0.1) is 0 Å². The molecule has 0 saturated carbocycles. The maximum atomic E-state index is 12.7. The van der Waals surface area contributed by atoms with Gasteiger partial charge in [-0.25, -0.2) is 0 Å². The minimum absolute atomic E-state index is 0.00920. The highest BCUT2D eigenvalue weighted by molar-refractivity contribution is 6.31. The van der Waals surface area contributed by atoms with Gasteiger partial charge in [-0.05, 0) is 60.5 Å². The van der Waals surface area contributed by atoms with Crippen molar-refractivity contribution in [3.8, 4) is 0 Å². The molecule has 1 aliphatic heterocycles. The van der Waals surface area contributed by atoms with E-state index in [-0.39, 0.29) is 11.8 Å². The number of amides is 2. The van der Waals surface area contributed by atoms with Crippen LogP contribution < -0.4 is 10.2 Å². The average Bonchev–Trinajstić information content (AvgIpc) is 3.11. The summed E-state index contributed by atoms with van der Waals surface area (Å²) in [6.07, 6.45) is 0.759. The summed E-state index contributed by atoms with van der Waals surface area (Å²) in [5, 5.41) is 3.41. The van der Waals surface area contributed by atoms with Crippen molar-refractivity contribution in [2.45, 2.75) is 6.42 Å². The van der Waals surface area contributed by atoms with Crippen molar-refractivity contribution in [3.05, 3.63) is 94.5 Å². The molecule has 0 spiro atoms. The van der Waals surface area contributed by atoms with E-state index in [2.05, 4.69) is 5.32 Å². The van der Waals surface area contributed by atoms with E-state index >= 15 is 0 Å². The molecule has 2 amide bonds. The lowest BCUT2D eigenvalue weighted by molar-refractivity contribution is 0.0987. The third kappa shape index (κ3) is 3.57. The number of halogens is 1. The number of carbonyl (C=O) groups excluding carboxylic acids is 2. The molecule has 3 aromatic carbocycles. The zero-order valence-corrected chi connectivity index (χ0v) is 15.2. The van der Waals surface area contributed by atoms with Crippen molar-refractivity contribution in [2.24, 2.45) is 0 Å². The number of nitrogens with zero attached hydrogens (tertiary/aromatic N) is 1. The molecule has 0 fully saturated rings. The molecule has 0 aromatic heterocycles. The van der Waals surface area contributed by atoms with E-state index in [1.807, 2.05) is 48.5 Å². The van der Waals surface area contributed by atoms with E-state index in [9.17, 15) is 9.59 Å². The highest BCUT2D eigenvalue weighted by Crippen LogP contribution is 2.31. The fraction of sp³-hybridized carbons (Fsp3) is 0.0909. The predicted molar refractivity (Wildman–Crippen MR) is 108 cm³/mol. The number of nitrogens with one attached hydrogen (secondary N) is 1. The number of anilines is 2. The van der Waals surface area contributed by atoms with E-state index in [0.29, 0.717) is 28.4 Å². The first kappa shape index (κ1) is 17.3. The molecule has 134 valence electrons. The first-order valence-corrected chi connectivity index (χ1v) is 9.06. The quantitative estimate of drug-likeness (QED) is 0.714. The summed E-state index contributed by atoms with van der Waals surface area (Å²) >= 11 is 5.95. The van der Waals surface area contributed by atoms with Crippen molar-refractivity contribution in [2.75, 3.05) is 16.8 Å². The monoisotopic (exact) mass is 376 g/mol. The maximum absolute atomic E-state index is 12.7. The Morgan fingerprint density at radius 2 is 1.67 bits per heavy atom. The summed E-state index contributed by atoms with van der Waals surface area (Å²) in [4.78, 5) is 26.9. The summed E-state index contributed by atoms with van der Waals surface area (Å²) in [7, 11) is 0. The summed E-state index contributed by atoms with van der Waals surface area (Å²) < 4.78 is 0. The Bertz CT molecular complexity index is 1020. The second kappa shape index (κ2) is 7.25. The predicted octanol–water partition coefficient (Wildman–Crippen LogP) is 4.80. The number of carbonyl (C=O) groups is 2. The topological polar surface area (TPSA) is 49.4 Å². The third-order valence-corrected chi connectivity index (χ3v) is 4.82. The van der Waals surface area contributed by atoms with Crippen molar-refractivity contribution in [3.63, 3.8) is 0 Å². The standard InChI is InChI=1S/C22H17ClN2O2/c23-18-8-4-7-17(13-18)21(26)24-19-9-10-20-16(14-19)11-12-25(20)22(27)15-5-2-1-3-6-15/h1-10,13-14H,11-12H2,(H,24,26). The summed E-state index contributed by atoms with van der Waals surface area (Å²) in [5.74, 6) is -0.224. The van der Waals surface area contributed by atoms with Crippen LogP contribution in [0.4, 0.5) is 11.4 Å². The van der Waals surface area contributed by atoms with Gasteiger partial charge in [-0.1, -0.05) is 35.9 Å². The molecule has 0 bridgehead atoms. The van der Waals surface area contributed by atoms with Crippen LogP contribution in [0.2, 0.25) is 5.02 Å². The van der Waals surface area contributed by atoms with Crippen LogP contribution in [-0.2, 0) is 6.42 Å². The molecule has 0 saturated heterocycles. The SMILES string of the molecule is O=C(Nc1ccc2c(c1)CCN2C(=O)c1ccccc1)c1cccc(Cl)c1. The van der Waals surface area contributed by atoms with Crippen LogP contribution in [0.25, 0.3) is 0 Å². The van der Waals surface area contributed by atoms with Gasteiger partial charge in [-0.2, -0.15) is 0 Å². The van der Waals surface area contributed by atoms with Crippen LogP contribution in [-0.4, -0.2) is 18.4 Å². The van der Waals surface area contributed by atoms with Crippen molar-refractivity contribution >= 4 is 34.8 Å². The molecule has 0 radical (unpaired) electrons. The van der Waals surface area contributed by atoms with E-state index in [1.165, 1.54) is 0 Å². The van der Waals surface area contributed by atoms with Crippen molar-refractivity contribution in [1.29, 1.82) is 0 Å². The Morgan fingerprint density at radius 1 is 0.889 bits per heavy atom. The molecule has 4 rings (SSSR count). The van der Waals surface area contributed by atoms with Gasteiger partial charge in [-0.15, -0.1) is 0 Å². The normalized spacial score (nSPS) is 12.6. The summed E-state index contributed by atoms with van der Waals surface area (Å²) in [5.41, 5.74) is 3.81. The Hall–Kier alpha value is -3.11. The van der Waals surface area contributed by atoms with E-state index < -0.39 is 0 Å². The van der Waals surface area contributed by atoms with Crippen LogP contribution in [0.3, 0.4) is 0 Å². The average molecular weight is 377 g/mol. The van der Waals surface area contributed by atoms with E-state index in [0.717, 1.165) is 17.7 Å². The Labute approximate surface area is 162 Å². The second-order valence-electron chi connectivity index (χ2n) is 6.38. The molecule has 3 aromatic rings. The molecular weight excluding hydrogens is 360 g/mol. The molecule has 1 heterocycles. The van der Waals surface area contributed by atoms with Crippen molar-refractivity contribution in [1.82, 2.24) is 0 Å². The molecule has 0 aliphatic carbocycles. The smallest absolute Gasteiger partial charge is 0.258 e. The Balaban J connectivity index is 1.53. The van der Waals surface area contributed by atoms with Crippen LogP contribution in [0.1, 0.15) is 26.3 Å². The lowest BCUT2D eigenvalue weighted by atomic mass is 10.1. The molecule has 0 atom stereocenters. The lowest BCUT2D eigenvalue weighted by Crippen LogP contribution is -2.28. The van der Waals surface area contributed by atoms with Gasteiger partial charge in [-0.3, -0.25) is 9.59 Å². The van der Waals surface area contributed by atoms with Gasteiger partial charge >= 0.3 is 0 Å². The van der Waals surface area contributed by atoms with Crippen LogP contribution in [0.5, 0.6) is 0 Å². The number of hydrogen-bond acceptors (Lipinski definition) is 2. The van der Waals surface area contributed by atoms with Crippen LogP contribution >= 0.6 is 11.6 Å². The molecule has 1 N–H and O–H groups in total. The highest BCUT2D eigenvalue weighted by Gasteiger charge is 2.25. The lowest BCUT2D eigenvalue weighted by Gasteiger charge is -2.17. The van der Waals surface area contributed by atoms with Gasteiger partial charge in [0, 0.05) is 34.1 Å². The van der Waals surface area contributed by atoms with Crippen molar-refractivity contribution < 1.29 is 9.59 Å². The van der Waals surface area contributed by atoms with E-state index in [4.69, 9.17) is 11.6 Å². The van der Waals surface area contributed by atoms with Gasteiger partial charge in [0.15, 0.2) is 0 Å². The third-order valence-electron chi connectivity index (χ3n) is 4.59. The molecule has 4 nitrogen and oxygen atoms in total. The Kier molecular flexibility index (Phi) is 4.65. The van der Waals surface area contributed by atoms with E-state index in [1.54, 1.807) is 29.2 Å². The fourth-order valence-electron chi connectivity index (χ4n) is 3.26. The number of fused-ring (bicyclic) bond motifs is 1. The first-order chi connectivity index (χ1) is 13.1. The molecule has 27 heavy (non-hydrogen) atoms. The summed E-state index contributed by atoms with van der Waals surface area (Å²) in [6, 6.07) is 21.7. The number of benzene rings is 3. The molecule has 1 aliphatic rings. The summed E-state index contributed by atoms with van der Waals surface area (Å²) in [6.45, 7) is 0.634. The maximum Gasteiger partial charge on any atom is 0.258 e. The number of rotatable bonds is 3. The zero-order chi connectivity index (χ0) is 18.8. The molecule has 0 unspecified atom stereocenters. The fourth-order valence-corrected chi connectivity index (χ4v) is 3.45. The second-order valence-corrected chi connectivity index (χ2v) is 6.82. The van der Waals surface area contributed by atoms with Gasteiger partial charge in [0.2, 0.25) is 0 Å². The Morgan fingerprint density at radius 3 is 2.44 bits per heavy atom. The van der Waals surface area contributed by atoms with Gasteiger partial charge in [0.1, 0.15) is 0 Å². The van der Waals surface area contributed by atoms with Gasteiger partial charge < -0.3 is 10.2 Å². The molecule has 5 heteroatoms. The minimum Gasteiger partial charge on any atom is -0.322 e. The largest absolute Gasteiger partial charge is 0.322 e. The molecular formula is C22H17ClN2O2. The van der Waals surface area contributed by atoms with Crippen LogP contribution in [0.15, 0.2) is 72.8 Å². The minimum atomic E-state index is -0.215.